The molecule has 0 atom stereocenters. The second kappa shape index (κ2) is 4.32. The predicted octanol–water partition coefficient (Wildman–Crippen LogP) is 0.827. The van der Waals surface area contributed by atoms with Crippen LogP contribution in [-0.4, -0.2) is 9.68 Å². The van der Waals surface area contributed by atoms with Crippen molar-refractivity contribution >= 4 is 28.2 Å². The fourth-order valence-electron chi connectivity index (χ4n) is 1.56. The van der Waals surface area contributed by atoms with Crippen LogP contribution in [0.15, 0.2) is 41.5 Å². The Morgan fingerprint density at radius 3 is 2.81 bits per heavy atom. The number of thiocarbonyl (C=S) groups is 1. The number of nitrogens with zero attached hydrogens (tertiary/aromatic N) is 2. The minimum absolute atomic E-state index is 0.160. The molecule has 0 radical (unpaired) electrons. The van der Waals surface area contributed by atoms with E-state index >= 15 is 0 Å². The van der Waals surface area contributed by atoms with Crippen LogP contribution in [0.3, 0.4) is 0 Å². The molecule has 1 heterocycles. The van der Waals surface area contributed by atoms with Crippen molar-refractivity contribution in [2.24, 2.45) is 17.9 Å². The highest BCUT2D eigenvalue weighted by atomic mass is 32.1. The zero-order valence-corrected chi connectivity index (χ0v) is 9.66. The molecule has 0 amide bonds. The quantitative estimate of drug-likeness (QED) is 0.565. The number of para-hydroxylation sites is 1. The molecule has 3 N–H and O–H groups in total. The number of aryl methyl sites for hydroxylation is 1. The maximum absolute atomic E-state index is 5.32. The van der Waals surface area contributed by atoms with E-state index in [2.05, 4.69) is 16.6 Å². The summed E-state index contributed by atoms with van der Waals surface area (Å²) in [5.41, 5.74) is 9.78. The molecule has 0 spiro atoms. The van der Waals surface area contributed by atoms with E-state index in [1.54, 1.807) is 0 Å². The van der Waals surface area contributed by atoms with Gasteiger partial charge in [0.05, 0.1) is 0 Å². The van der Waals surface area contributed by atoms with E-state index < -0.39 is 0 Å². The van der Waals surface area contributed by atoms with Crippen LogP contribution in [-0.2, 0) is 7.05 Å². The van der Waals surface area contributed by atoms with Crippen LogP contribution in [0.1, 0.15) is 0 Å². The normalized spacial score (nSPS) is 11.7. The van der Waals surface area contributed by atoms with Gasteiger partial charge in [-0.3, -0.25) is 5.43 Å². The summed E-state index contributed by atoms with van der Waals surface area (Å²) in [5, 5.41) is 5.43. The third kappa shape index (κ3) is 2.04. The lowest BCUT2D eigenvalue weighted by Gasteiger charge is -2.05. The molecule has 0 aliphatic rings. The van der Waals surface area contributed by atoms with Gasteiger partial charge >= 0.3 is 0 Å². The lowest BCUT2D eigenvalue weighted by atomic mass is 10.2. The maximum Gasteiger partial charge on any atom is 0.184 e. The molecule has 0 bridgehead atoms. The summed E-state index contributed by atoms with van der Waals surface area (Å²) in [7, 11) is 1.95. The first-order valence-corrected chi connectivity index (χ1v) is 5.23. The highest BCUT2D eigenvalue weighted by molar-refractivity contribution is 7.80. The maximum atomic E-state index is 5.32. The molecule has 0 fully saturated rings. The molecule has 16 heavy (non-hydrogen) atoms. The molecular weight excluding hydrogens is 220 g/mol. The molecule has 0 unspecified atom stereocenters. The third-order valence-electron chi connectivity index (χ3n) is 2.33. The largest absolute Gasteiger partial charge is 0.375 e. The Balaban J connectivity index is 2.61. The Hall–Kier alpha value is -1.88. The summed E-state index contributed by atoms with van der Waals surface area (Å²) in [6.45, 7) is 0. The van der Waals surface area contributed by atoms with Gasteiger partial charge in [0.2, 0.25) is 0 Å². The third-order valence-corrected chi connectivity index (χ3v) is 2.43. The van der Waals surface area contributed by atoms with Crippen LogP contribution >= 0.6 is 12.2 Å². The van der Waals surface area contributed by atoms with Gasteiger partial charge in [0.1, 0.15) is 0 Å². The van der Waals surface area contributed by atoms with Crippen molar-refractivity contribution in [1.29, 1.82) is 0 Å². The summed E-state index contributed by atoms with van der Waals surface area (Å²) in [5.74, 6) is 0. The SMILES string of the molecule is Cn1/c(=N\NC(N)=S)ccc2ccccc21. The topological polar surface area (TPSA) is 55.3 Å². The Morgan fingerprint density at radius 2 is 2.06 bits per heavy atom. The van der Waals surface area contributed by atoms with Crippen LogP contribution in [0.2, 0.25) is 0 Å². The summed E-state index contributed by atoms with van der Waals surface area (Å²) in [4.78, 5) is 0. The van der Waals surface area contributed by atoms with Gasteiger partial charge in [-0.2, -0.15) is 5.10 Å². The van der Waals surface area contributed by atoms with E-state index in [9.17, 15) is 0 Å². The highest BCUT2D eigenvalue weighted by Gasteiger charge is 1.95. The first-order chi connectivity index (χ1) is 7.68. The van der Waals surface area contributed by atoms with Crippen LogP contribution in [0.25, 0.3) is 10.9 Å². The minimum Gasteiger partial charge on any atom is -0.375 e. The van der Waals surface area contributed by atoms with Gasteiger partial charge in [0, 0.05) is 12.6 Å². The fraction of sp³-hybridized carbons (Fsp3) is 0.0909. The van der Waals surface area contributed by atoms with Gasteiger partial charge in [0.25, 0.3) is 0 Å². The molecular formula is C11H12N4S. The number of benzene rings is 1. The van der Waals surface area contributed by atoms with Crippen molar-refractivity contribution in [3.05, 3.63) is 41.9 Å². The van der Waals surface area contributed by atoms with Gasteiger partial charge in [0.15, 0.2) is 10.6 Å². The highest BCUT2D eigenvalue weighted by Crippen LogP contribution is 2.08. The summed E-state index contributed by atoms with van der Waals surface area (Å²) >= 11 is 4.70. The Morgan fingerprint density at radius 1 is 1.31 bits per heavy atom. The van der Waals surface area contributed by atoms with Crippen molar-refractivity contribution in [1.82, 2.24) is 9.99 Å². The summed E-state index contributed by atoms with van der Waals surface area (Å²) < 4.78 is 1.97. The second-order valence-corrected chi connectivity index (χ2v) is 3.84. The van der Waals surface area contributed by atoms with Gasteiger partial charge in [-0.25, -0.2) is 0 Å². The predicted molar refractivity (Wildman–Crippen MR) is 68.4 cm³/mol. The van der Waals surface area contributed by atoms with E-state index in [0.29, 0.717) is 0 Å². The van der Waals surface area contributed by atoms with Crippen molar-refractivity contribution in [3.8, 4) is 0 Å². The lowest BCUT2D eigenvalue weighted by Crippen LogP contribution is -2.29. The number of nitrogens with two attached hydrogens (primary N) is 1. The molecule has 82 valence electrons. The van der Waals surface area contributed by atoms with Crippen LogP contribution < -0.4 is 16.6 Å². The first-order valence-electron chi connectivity index (χ1n) is 4.82. The number of fused-ring (bicyclic) bond motifs is 1. The average molecular weight is 232 g/mol. The number of nitrogens with one attached hydrogen (secondary N) is 1. The summed E-state index contributed by atoms with van der Waals surface area (Å²) in [6.07, 6.45) is 0. The average Bonchev–Trinajstić information content (AvgIpc) is 2.28. The smallest absolute Gasteiger partial charge is 0.184 e. The molecule has 0 aliphatic heterocycles. The lowest BCUT2D eigenvalue weighted by molar-refractivity contribution is 0.819. The molecule has 4 nitrogen and oxygen atoms in total. The van der Waals surface area contributed by atoms with Crippen molar-refractivity contribution in [2.75, 3.05) is 0 Å². The Labute approximate surface area is 98.4 Å². The minimum atomic E-state index is 0.160. The molecule has 5 heteroatoms. The van der Waals surface area contributed by atoms with E-state index in [0.717, 1.165) is 11.0 Å². The molecule has 0 saturated heterocycles. The summed E-state index contributed by atoms with van der Waals surface area (Å²) in [6, 6.07) is 12.0. The zero-order valence-electron chi connectivity index (χ0n) is 8.84. The number of pyridine rings is 1. The van der Waals surface area contributed by atoms with E-state index in [-0.39, 0.29) is 5.11 Å². The van der Waals surface area contributed by atoms with Gasteiger partial charge in [-0.1, -0.05) is 18.2 Å². The molecule has 2 aromatic rings. The molecule has 1 aromatic carbocycles. The number of hydrogen-bond donors (Lipinski definition) is 2. The zero-order chi connectivity index (χ0) is 11.5. The standard InChI is InChI=1S/C11H12N4S/c1-15-9-5-3-2-4-8(9)6-7-10(15)13-14-11(12)16/h2-7H,1H3,(H3,12,14,16)/b13-10-. The van der Waals surface area contributed by atoms with Gasteiger partial charge in [-0.15, -0.1) is 0 Å². The number of rotatable bonds is 1. The van der Waals surface area contributed by atoms with Crippen molar-refractivity contribution in [2.45, 2.75) is 0 Å². The van der Waals surface area contributed by atoms with Crippen LogP contribution in [0, 0.1) is 0 Å². The molecule has 0 aliphatic carbocycles. The molecule has 1 aromatic heterocycles. The van der Waals surface area contributed by atoms with Crippen LogP contribution in [0.5, 0.6) is 0 Å². The molecule has 2 rings (SSSR count). The first kappa shape index (κ1) is 10.6. The number of aromatic nitrogens is 1. The number of hydrogen-bond acceptors (Lipinski definition) is 2. The van der Waals surface area contributed by atoms with Crippen LogP contribution in [0.4, 0.5) is 0 Å². The second-order valence-electron chi connectivity index (χ2n) is 3.40. The van der Waals surface area contributed by atoms with Crippen molar-refractivity contribution in [3.63, 3.8) is 0 Å². The monoisotopic (exact) mass is 232 g/mol. The Kier molecular flexibility index (Phi) is 2.87. The van der Waals surface area contributed by atoms with E-state index in [4.69, 9.17) is 18.0 Å². The Bertz CT molecular complexity index is 600. The fourth-order valence-corrected chi connectivity index (χ4v) is 1.60. The van der Waals surface area contributed by atoms with Crippen molar-refractivity contribution < 1.29 is 0 Å². The van der Waals surface area contributed by atoms with Gasteiger partial charge < -0.3 is 10.3 Å². The molecule has 0 saturated carbocycles. The van der Waals surface area contributed by atoms with E-state index in [1.807, 2.05) is 41.9 Å². The van der Waals surface area contributed by atoms with E-state index in [1.165, 1.54) is 5.39 Å². The van der Waals surface area contributed by atoms with Gasteiger partial charge in [-0.05, 0) is 35.8 Å².